The van der Waals surface area contributed by atoms with E-state index in [9.17, 15) is 9.59 Å². The topological polar surface area (TPSA) is 63.6 Å². The van der Waals surface area contributed by atoms with Crippen LogP contribution in [0, 0.1) is 12.3 Å². The molecule has 0 aliphatic carbocycles. The fraction of sp³-hybridized carbons (Fsp3) is 0.385. The second-order valence-electron chi connectivity index (χ2n) is 4.94. The summed E-state index contributed by atoms with van der Waals surface area (Å²) in [6, 6.07) is 4.69. The second-order valence-corrected chi connectivity index (χ2v) is 4.94. The number of esters is 1. The minimum absolute atomic E-state index is 0.00241. The molecule has 0 aliphatic heterocycles. The van der Waals surface area contributed by atoms with E-state index in [1.807, 2.05) is 0 Å². The van der Waals surface area contributed by atoms with Crippen molar-refractivity contribution in [3.63, 3.8) is 0 Å². The monoisotopic (exact) mass is 236 g/mol. The minimum atomic E-state index is -1.11. The van der Waals surface area contributed by atoms with Gasteiger partial charge >= 0.3 is 11.9 Å². The van der Waals surface area contributed by atoms with Crippen LogP contribution in [-0.4, -0.2) is 17.0 Å². The van der Waals surface area contributed by atoms with E-state index in [1.165, 1.54) is 12.1 Å². The predicted octanol–water partition coefficient (Wildman–Crippen LogP) is 2.64. The molecule has 0 fully saturated rings. The molecule has 0 unspecified atom stereocenters. The van der Waals surface area contributed by atoms with Crippen molar-refractivity contribution in [2.45, 2.75) is 27.7 Å². The summed E-state index contributed by atoms with van der Waals surface area (Å²) in [6.07, 6.45) is 0. The van der Waals surface area contributed by atoms with Crippen molar-refractivity contribution in [1.82, 2.24) is 0 Å². The minimum Gasteiger partial charge on any atom is -0.478 e. The van der Waals surface area contributed by atoms with Crippen molar-refractivity contribution in [2.24, 2.45) is 5.41 Å². The summed E-state index contributed by atoms with van der Waals surface area (Å²) in [5.41, 5.74) is 0.140. The van der Waals surface area contributed by atoms with Crippen LogP contribution in [0.15, 0.2) is 18.2 Å². The Labute approximate surface area is 100 Å². The molecular weight excluding hydrogens is 220 g/mol. The Bertz CT molecular complexity index is 455. The van der Waals surface area contributed by atoms with Crippen molar-refractivity contribution >= 4 is 11.9 Å². The molecule has 0 saturated carbocycles. The summed E-state index contributed by atoms with van der Waals surface area (Å²) in [4.78, 5) is 22.7. The average Bonchev–Trinajstić information content (AvgIpc) is 2.18. The van der Waals surface area contributed by atoms with Gasteiger partial charge in [-0.05, 0) is 39.8 Å². The Balaban J connectivity index is 3.07. The van der Waals surface area contributed by atoms with Crippen molar-refractivity contribution in [3.8, 4) is 5.75 Å². The summed E-state index contributed by atoms with van der Waals surface area (Å²) < 4.78 is 5.11. The SMILES string of the molecule is Cc1ccc(OC(=O)C(C)(C)C)c(C(=O)O)c1. The molecule has 1 aromatic carbocycles. The number of hydrogen-bond donors (Lipinski definition) is 1. The lowest BCUT2D eigenvalue weighted by molar-refractivity contribution is -0.143. The Hall–Kier alpha value is -1.84. The number of carboxylic acid groups (broad SMARTS) is 1. The first-order valence-corrected chi connectivity index (χ1v) is 5.28. The molecule has 0 saturated heterocycles. The molecule has 1 N–H and O–H groups in total. The largest absolute Gasteiger partial charge is 0.478 e. The number of aromatic carboxylic acids is 1. The number of ether oxygens (including phenoxy) is 1. The van der Waals surface area contributed by atoms with Gasteiger partial charge in [0, 0.05) is 0 Å². The first-order chi connectivity index (χ1) is 7.71. The van der Waals surface area contributed by atoms with E-state index in [-0.39, 0.29) is 11.3 Å². The van der Waals surface area contributed by atoms with Gasteiger partial charge in [-0.3, -0.25) is 4.79 Å². The Morgan fingerprint density at radius 1 is 1.24 bits per heavy atom. The summed E-state index contributed by atoms with van der Waals surface area (Å²) in [7, 11) is 0. The molecule has 0 spiro atoms. The molecule has 0 radical (unpaired) electrons. The molecule has 0 atom stereocenters. The number of aryl methyl sites for hydroxylation is 1. The summed E-state index contributed by atoms with van der Waals surface area (Å²) >= 11 is 0. The molecular formula is C13H16O4. The van der Waals surface area contributed by atoms with Gasteiger partial charge in [0.1, 0.15) is 11.3 Å². The van der Waals surface area contributed by atoms with Crippen molar-refractivity contribution in [1.29, 1.82) is 0 Å². The fourth-order valence-electron chi connectivity index (χ4n) is 1.15. The number of hydrogen-bond acceptors (Lipinski definition) is 3. The first kappa shape index (κ1) is 13.2. The van der Waals surface area contributed by atoms with Gasteiger partial charge in [-0.15, -0.1) is 0 Å². The van der Waals surface area contributed by atoms with Crippen LogP contribution in [0.2, 0.25) is 0 Å². The highest BCUT2D eigenvalue weighted by Crippen LogP contribution is 2.24. The highest BCUT2D eigenvalue weighted by atomic mass is 16.5. The zero-order valence-electron chi connectivity index (χ0n) is 10.4. The van der Waals surface area contributed by atoms with Crippen LogP contribution in [0.5, 0.6) is 5.75 Å². The summed E-state index contributed by atoms with van der Waals surface area (Å²) in [5, 5.41) is 9.01. The van der Waals surface area contributed by atoms with Gasteiger partial charge in [-0.25, -0.2) is 4.79 Å². The van der Waals surface area contributed by atoms with Crippen LogP contribution in [-0.2, 0) is 4.79 Å². The van der Waals surface area contributed by atoms with Crippen LogP contribution < -0.4 is 4.74 Å². The van der Waals surface area contributed by atoms with Crippen LogP contribution in [0.1, 0.15) is 36.7 Å². The molecule has 4 nitrogen and oxygen atoms in total. The van der Waals surface area contributed by atoms with E-state index >= 15 is 0 Å². The van der Waals surface area contributed by atoms with Crippen LogP contribution in [0.25, 0.3) is 0 Å². The summed E-state index contributed by atoms with van der Waals surface area (Å²) in [5.74, 6) is -1.47. The number of rotatable bonds is 2. The maximum Gasteiger partial charge on any atom is 0.339 e. The molecule has 1 rings (SSSR count). The van der Waals surface area contributed by atoms with Crippen molar-refractivity contribution in [2.75, 3.05) is 0 Å². The lowest BCUT2D eigenvalue weighted by Gasteiger charge is -2.17. The number of carbonyl (C=O) groups is 2. The average molecular weight is 236 g/mol. The number of carboxylic acids is 1. The van der Waals surface area contributed by atoms with Crippen LogP contribution in [0.3, 0.4) is 0 Å². The van der Waals surface area contributed by atoms with Gasteiger partial charge in [-0.2, -0.15) is 0 Å². The maximum atomic E-state index is 11.7. The quantitative estimate of drug-likeness (QED) is 0.633. The van der Waals surface area contributed by atoms with Crippen molar-refractivity contribution in [3.05, 3.63) is 29.3 Å². The van der Waals surface area contributed by atoms with E-state index in [0.717, 1.165) is 5.56 Å². The molecule has 0 amide bonds. The maximum absolute atomic E-state index is 11.7. The van der Waals surface area contributed by atoms with Gasteiger partial charge < -0.3 is 9.84 Å². The summed E-state index contributed by atoms with van der Waals surface area (Å²) in [6.45, 7) is 6.92. The van der Waals surface area contributed by atoms with Crippen LogP contribution in [0.4, 0.5) is 0 Å². The molecule has 4 heteroatoms. The molecule has 0 aromatic heterocycles. The molecule has 17 heavy (non-hydrogen) atoms. The smallest absolute Gasteiger partial charge is 0.339 e. The Morgan fingerprint density at radius 2 is 1.82 bits per heavy atom. The van der Waals surface area contributed by atoms with Gasteiger partial charge in [-0.1, -0.05) is 11.6 Å². The molecule has 0 aliphatic rings. The van der Waals surface area contributed by atoms with E-state index in [0.29, 0.717) is 0 Å². The van der Waals surface area contributed by atoms with Crippen molar-refractivity contribution < 1.29 is 19.4 Å². The van der Waals surface area contributed by atoms with Gasteiger partial charge in [0.2, 0.25) is 0 Å². The van der Waals surface area contributed by atoms with Gasteiger partial charge in [0.25, 0.3) is 0 Å². The number of carbonyl (C=O) groups excluding carboxylic acids is 1. The third-order valence-electron chi connectivity index (χ3n) is 2.18. The predicted molar refractivity (Wildman–Crippen MR) is 63.2 cm³/mol. The van der Waals surface area contributed by atoms with E-state index in [2.05, 4.69) is 0 Å². The fourth-order valence-corrected chi connectivity index (χ4v) is 1.15. The third kappa shape index (κ3) is 3.31. The Kier molecular flexibility index (Phi) is 3.56. The lowest BCUT2D eigenvalue weighted by atomic mass is 9.97. The van der Waals surface area contributed by atoms with E-state index in [4.69, 9.17) is 9.84 Å². The first-order valence-electron chi connectivity index (χ1n) is 5.28. The molecule has 92 valence electrons. The van der Waals surface area contributed by atoms with E-state index in [1.54, 1.807) is 33.8 Å². The highest BCUT2D eigenvalue weighted by Gasteiger charge is 2.25. The standard InChI is InChI=1S/C13H16O4/c1-8-5-6-10(9(7-8)11(14)15)17-12(16)13(2,3)4/h5-7H,1-4H3,(H,14,15). The van der Waals surface area contributed by atoms with Crippen LogP contribution >= 0.6 is 0 Å². The van der Waals surface area contributed by atoms with E-state index < -0.39 is 17.4 Å². The zero-order valence-corrected chi connectivity index (χ0v) is 10.4. The third-order valence-corrected chi connectivity index (χ3v) is 2.18. The second kappa shape index (κ2) is 4.57. The van der Waals surface area contributed by atoms with Gasteiger partial charge in [0.05, 0.1) is 5.41 Å². The molecule has 1 aromatic rings. The van der Waals surface area contributed by atoms with Gasteiger partial charge in [0.15, 0.2) is 0 Å². The normalized spacial score (nSPS) is 11.1. The Morgan fingerprint density at radius 3 is 2.29 bits per heavy atom. The zero-order chi connectivity index (χ0) is 13.2. The molecule has 0 heterocycles. The number of benzene rings is 1. The highest BCUT2D eigenvalue weighted by molar-refractivity contribution is 5.92. The molecule has 0 bridgehead atoms. The lowest BCUT2D eigenvalue weighted by Crippen LogP contribution is -2.26.